The monoisotopic (exact) mass is 214 g/mol. The van der Waals surface area contributed by atoms with E-state index >= 15 is 0 Å². The molecular formula is C6H10N6O3. The van der Waals surface area contributed by atoms with E-state index in [1.54, 1.807) is 0 Å². The molecule has 0 atom stereocenters. The molecule has 0 aliphatic rings. The van der Waals surface area contributed by atoms with Crippen LogP contribution in [-0.4, -0.2) is 31.8 Å². The number of ketones is 1. The molecule has 15 heavy (non-hydrogen) atoms. The Labute approximate surface area is 84.3 Å². The number of carbonyl (C=O) groups excluding carboxylic acids is 1. The van der Waals surface area contributed by atoms with E-state index in [1.165, 1.54) is 0 Å². The predicted molar refractivity (Wildman–Crippen MR) is 51.4 cm³/mol. The molecule has 0 spiro atoms. The van der Waals surface area contributed by atoms with Gasteiger partial charge in [-0.3, -0.25) is 4.79 Å². The van der Waals surface area contributed by atoms with Gasteiger partial charge in [-0.1, -0.05) is 0 Å². The molecule has 1 heterocycles. The summed E-state index contributed by atoms with van der Waals surface area (Å²) in [5.74, 6) is -2.08. The molecule has 0 aromatic carbocycles. The summed E-state index contributed by atoms with van der Waals surface area (Å²) in [6.07, 6.45) is 0. The van der Waals surface area contributed by atoms with Crippen LogP contribution in [0.4, 0.5) is 17.8 Å². The van der Waals surface area contributed by atoms with E-state index in [4.69, 9.17) is 22.3 Å². The summed E-state index contributed by atoms with van der Waals surface area (Å²) < 4.78 is 0. The van der Waals surface area contributed by atoms with Gasteiger partial charge in [-0.25, -0.2) is 4.79 Å². The van der Waals surface area contributed by atoms with Crippen molar-refractivity contribution in [1.82, 2.24) is 15.0 Å². The fraction of sp³-hybridized carbons (Fsp3) is 0.167. The lowest BCUT2D eigenvalue weighted by molar-refractivity contribution is -0.148. The van der Waals surface area contributed by atoms with Gasteiger partial charge in [0, 0.05) is 6.92 Å². The number of carbonyl (C=O) groups is 2. The largest absolute Gasteiger partial charge is 0.476 e. The van der Waals surface area contributed by atoms with Crippen molar-refractivity contribution >= 4 is 29.6 Å². The number of carboxylic acids is 1. The molecule has 0 fully saturated rings. The Bertz CT molecular complexity index is 317. The Morgan fingerprint density at radius 1 is 1.00 bits per heavy atom. The molecule has 0 radical (unpaired) electrons. The molecule has 0 bridgehead atoms. The highest BCUT2D eigenvalue weighted by molar-refractivity contribution is 6.31. The number of carboxylic acid groups (broad SMARTS) is 1. The van der Waals surface area contributed by atoms with E-state index in [-0.39, 0.29) is 17.8 Å². The molecule has 82 valence electrons. The number of rotatable bonds is 1. The zero-order chi connectivity index (χ0) is 12.0. The number of nitrogens with two attached hydrogens (primary N) is 3. The second kappa shape index (κ2) is 5.32. The van der Waals surface area contributed by atoms with Crippen molar-refractivity contribution in [3.63, 3.8) is 0 Å². The third-order valence-electron chi connectivity index (χ3n) is 0.988. The van der Waals surface area contributed by atoms with Gasteiger partial charge >= 0.3 is 5.97 Å². The Hall–Kier alpha value is -2.45. The smallest absolute Gasteiger partial charge is 0.371 e. The maximum Gasteiger partial charge on any atom is 0.371 e. The number of nitrogens with zero attached hydrogens (tertiary/aromatic N) is 3. The third-order valence-corrected chi connectivity index (χ3v) is 0.988. The molecule has 0 unspecified atom stereocenters. The minimum Gasteiger partial charge on any atom is -0.476 e. The summed E-state index contributed by atoms with van der Waals surface area (Å²) in [7, 11) is 0. The fourth-order valence-corrected chi connectivity index (χ4v) is 0.427. The Morgan fingerprint density at radius 3 is 1.33 bits per heavy atom. The van der Waals surface area contributed by atoms with E-state index < -0.39 is 11.8 Å². The molecule has 1 rings (SSSR count). The van der Waals surface area contributed by atoms with Crippen LogP contribution in [0.1, 0.15) is 6.92 Å². The van der Waals surface area contributed by atoms with E-state index in [2.05, 4.69) is 15.0 Å². The van der Waals surface area contributed by atoms with Gasteiger partial charge in [-0.05, 0) is 0 Å². The number of nitrogen functional groups attached to an aromatic ring is 3. The van der Waals surface area contributed by atoms with Crippen molar-refractivity contribution in [2.75, 3.05) is 17.2 Å². The Morgan fingerprint density at radius 2 is 1.20 bits per heavy atom. The maximum absolute atomic E-state index is 9.54. The molecular weight excluding hydrogens is 204 g/mol. The molecule has 0 aliphatic carbocycles. The molecule has 9 heteroatoms. The summed E-state index contributed by atoms with van der Waals surface area (Å²) in [5, 5.41) is 7.64. The molecule has 9 nitrogen and oxygen atoms in total. The molecule has 0 saturated carbocycles. The summed E-state index contributed by atoms with van der Waals surface area (Å²) in [6, 6.07) is 0. The van der Waals surface area contributed by atoms with Gasteiger partial charge in [0.1, 0.15) is 0 Å². The summed E-state index contributed by atoms with van der Waals surface area (Å²) >= 11 is 0. The summed E-state index contributed by atoms with van der Waals surface area (Å²) in [5.41, 5.74) is 15.4. The zero-order valence-electron chi connectivity index (χ0n) is 7.84. The quantitative estimate of drug-likeness (QED) is 0.396. The topological polar surface area (TPSA) is 171 Å². The Balaban J connectivity index is 0.000000288. The average molecular weight is 214 g/mol. The van der Waals surface area contributed by atoms with Gasteiger partial charge in [0.2, 0.25) is 23.6 Å². The molecule has 1 aromatic rings. The van der Waals surface area contributed by atoms with Crippen LogP contribution in [0.2, 0.25) is 0 Å². The van der Waals surface area contributed by atoms with Crippen molar-refractivity contribution < 1.29 is 14.7 Å². The van der Waals surface area contributed by atoms with Gasteiger partial charge in [0.25, 0.3) is 0 Å². The Kier molecular flexibility index (Phi) is 4.45. The maximum atomic E-state index is 9.54. The summed E-state index contributed by atoms with van der Waals surface area (Å²) in [4.78, 5) is 29.4. The number of aromatic nitrogens is 3. The van der Waals surface area contributed by atoms with E-state index in [0.29, 0.717) is 0 Å². The van der Waals surface area contributed by atoms with Crippen LogP contribution in [0.25, 0.3) is 0 Å². The molecule has 7 N–H and O–H groups in total. The number of aliphatic carboxylic acids is 1. The van der Waals surface area contributed by atoms with Crippen molar-refractivity contribution in [2.24, 2.45) is 0 Å². The first-order valence-corrected chi connectivity index (χ1v) is 3.59. The first kappa shape index (κ1) is 12.6. The van der Waals surface area contributed by atoms with Gasteiger partial charge in [-0.2, -0.15) is 15.0 Å². The van der Waals surface area contributed by atoms with Crippen LogP contribution < -0.4 is 17.2 Å². The lowest BCUT2D eigenvalue weighted by Gasteiger charge is -1.93. The second-order valence-corrected chi connectivity index (χ2v) is 2.27. The van der Waals surface area contributed by atoms with Gasteiger partial charge < -0.3 is 22.3 Å². The molecule has 1 aromatic heterocycles. The van der Waals surface area contributed by atoms with Crippen molar-refractivity contribution in [1.29, 1.82) is 0 Å². The van der Waals surface area contributed by atoms with Crippen molar-refractivity contribution in [3.8, 4) is 0 Å². The fourth-order valence-electron chi connectivity index (χ4n) is 0.427. The molecule has 0 aliphatic heterocycles. The second-order valence-electron chi connectivity index (χ2n) is 2.27. The highest BCUT2D eigenvalue weighted by Crippen LogP contribution is 1.97. The van der Waals surface area contributed by atoms with Crippen LogP contribution in [0.15, 0.2) is 0 Å². The number of hydrogen-bond acceptors (Lipinski definition) is 8. The lowest BCUT2D eigenvalue weighted by Crippen LogP contribution is -2.05. The standard InChI is InChI=1S/C3H6N6.C3H4O3/c4-1-7-2(5)9-3(6)8-1;1-2(4)3(5)6/h(H6,4,5,6,7,8,9);1H3,(H,5,6). The van der Waals surface area contributed by atoms with Crippen molar-refractivity contribution in [2.45, 2.75) is 6.92 Å². The lowest BCUT2D eigenvalue weighted by atomic mass is 10.5. The first-order valence-electron chi connectivity index (χ1n) is 3.59. The minimum atomic E-state index is -1.38. The van der Waals surface area contributed by atoms with Crippen LogP contribution in [0.5, 0.6) is 0 Å². The molecule has 0 amide bonds. The van der Waals surface area contributed by atoms with Crippen LogP contribution in [0.3, 0.4) is 0 Å². The highest BCUT2D eigenvalue weighted by Gasteiger charge is 1.99. The number of anilines is 3. The van der Waals surface area contributed by atoms with E-state index in [0.717, 1.165) is 6.92 Å². The van der Waals surface area contributed by atoms with E-state index in [9.17, 15) is 9.59 Å². The minimum absolute atomic E-state index is 0.0417. The molecule has 0 saturated heterocycles. The highest BCUT2D eigenvalue weighted by atomic mass is 16.4. The first-order chi connectivity index (χ1) is 6.82. The number of Topliss-reactive ketones (excluding diaryl/α,β-unsaturated/α-hetero) is 1. The van der Waals surface area contributed by atoms with Gasteiger partial charge in [-0.15, -0.1) is 0 Å². The third kappa shape index (κ3) is 5.74. The van der Waals surface area contributed by atoms with Gasteiger partial charge in [0.15, 0.2) is 0 Å². The summed E-state index contributed by atoms with van der Waals surface area (Å²) in [6.45, 7) is 1.00. The van der Waals surface area contributed by atoms with Crippen LogP contribution >= 0.6 is 0 Å². The zero-order valence-corrected chi connectivity index (χ0v) is 7.84. The van der Waals surface area contributed by atoms with Crippen molar-refractivity contribution in [3.05, 3.63) is 0 Å². The van der Waals surface area contributed by atoms with Gasteiger partial charge in [0.05, 0.1) is 0 Å². The number of hydrogen-bond donors (Lipinski definition) is 4. The van der Waals surface area contributed by atoms with E-state index in [1.807, 2.05) is 0 Å². The SMILES string of the molecule is CC(=O)C(=O)O.Nc1nc(N)nc(N)n1. The van der Waals surface area contributed by atoms with Crippen LogP contribution in [0, 0.1) is 0 Å². The average Bonchev–Trinajstić information content (AvgIpc) is 2.01. The normalized spacial score (nSPS) is 8.60. The predicted octanol–water partition coefficient (Wildman–Crippen LogP) is -1.72. The van der Waals surface area contributed by atoms with Crippen LogP contribution in [-0.2, 0) is 9.59 Å².